The van der Waals surface area contributed by atoms with Crippen molar-refractivity contribution in [2.45, 2.75) is 52.4 Å². The Bertz CT molecular complexity index is 682. The van der Waals surface area contributed by atoms with Gasteiger partial charge in [-0.1, -0.05) is 32.6 Å². The van der Waals surface area contributed by atoms with Crippen LogP contribution in [-0.2, 0) is 9.59 Å². The van der Waals surface area contributed by atoms with Gasteiger partial charge in [-0.15, -0.1) is 0 Å². The average molecular weight is 310 g/mol. The smallest absolute Gasteiger partial charge is 0.164 e. The average Bonchev–Trinajstić information content (AvgIpc) is 2.73. The van der Waals surface area contributed by atoms with Crippen LogP contribution in [0, 0.1) is 28.6 Å². The van der Waals surface area contributed by atoms with Crippen LogP contribution >= 0.6 is 0 Å². The molecule has 2 heteroatoms. The van der Waals surface area contributed by atoms with Crippen LogP contribution in [0.2, 0.25) is 0 Å². The van der Waals surface area contributed by atoms with Gasteiger partial charge in [-0.25, -0.2) is 0 Å². The minimum Gasteiger partial charge on any atom is -0.295 e. The first-order valence-electron chi connectivity index (χ1n) is 8.93. The van der Waals surface area contributed by atoms with E-state index in [9.17, 15) is 9.59 Å². The lowest BCUT2D eigenvalue weighted by Gasteiger charge is -2.57. The number of fused-ring (bicyclic) bond motifs is 5. The van der Waals surface area contributed by atoms with Gasteiger partial charge in [0.15, 0.2) is 11.6 Å². The fraction of sp³-hybridized carbons (Fsp3) is 0.619. The third-order valence-electron chi connectivity index (χ3n) is 7.63. The van der Waals surface area contributed by atoms with E-state index >= 15 is 0 Å². The molecule has 0 unspecified atom stereocenters. The van der Waals surface area contributed by atoms with Gasteiger partial charge in [0.2, 0.25) is 0 Å². The first-order chi connectivity index (χ1) is 10.8. The zero-order valence-electron chi connectivity index (χ0n) is 14.3. The molecule has 23 heavy (non-hydrogen) atoms. The molecular formula is C21H26O2. The maximum absolute atomic E-state index is 12.6. The summed E-state index contributed by atoms with van der Waals surface area (Å²) in [5.74, 6) is 2.05. The maximum Gasteiger partial charge on any atom is 0.164 e. The fourth-order valence-corrected chi connectivity index (χ4v) is 6.30. The summed E-state index contributed by atoms with van der Waals surface area (Å²) < 4.78 is 0. The van der Waals surface area contributed by atoms with Crippen molar-refractivity contribution >= 4 is 11.6 Å². The van der Waals surface area contributed by atoms with E-state index in [4.69, 9.17) is 0 Å². The summed E-state index contributed by atoms with van der Waals surface area (Å²) in [4.78, 5) is 24.6. The van der Waals surface area contributed by atoms with Crippen molar-refractivity contribution in [3.05, 3.63) is 36.0 Å². The van der Waals surface area contributed by atoms with Crippen molar-refractivity contribution in [2.24, 2.45) is 28.6 Å². The van der Waals surface area contributed by atoms with Gasteiger partial charge in [0.05, 0.1) is 0 Å². The summed E-state index contributed by atoms with van der Waals surface area (Å²) in [7, 11) is 0. The molecule has 0 aromatic heterocycles. The number of rotatable bonds is 0. The van der Waals surface area contributed by atoms with Crippen LogP contribution < -0.4 is 0 Å². The summed E-state index contributed by atoms with van der Waals surface area (Å²) in [6, 6.07) is 0. The van der Waals surface area contributed by atoms with Gasteiger partial charge < -0.3 is 0 Å². The number of carbonyl (C=O) groups excluding carboxylic acids is 2. The molecule has 4 rings (SSSR count). The zero-order chi connectivity index (χ0) is 16.6. The van der Waals surface area contributed by atoms with Crippen molar-refractivity contribution in [3.8, 4) is 0 Å². The van der Waals surface area contributed by atoms with Gasteiger partial charge in [-0.05, 0) is 72.5 Å². The monoisotopic (exact) mass is 310 g/mol. The molecule has 4 aliphatic rings. The van der Waals surface area contributed by atoms with Crippen LogP contribution in [0.25, 0.3) is 0 Å². The van der Waals surface area contributed by atoms with Crippen molar-refractivity contribution in [1.29, 1.82) is 0 Å². The Hall–Kier alpha value is -1.44. The van der Waals surface area contributed by atoms with E-state index in [1.165, 1.54) is 5.57 Å². The van der Waals surface area contributed by atoms with Crippen LogP contribution in [0.4, 0.5) is 0 Å². The molecule has 0 saturated heterocycles. The van der Waals surface area contributed by atoms with E-state index in [-0.39, 0.29) is 16.6 Å². The molecular weight excluding hydrogens is 284 g/mol. The van der Waals surface area contributed by atoms with Gasteiger partial charge in [0.25, 0.3) is 0 Å². The normalized spacial score (nSPS) is 46.2. The highest BCUT2D eigenvalue weighted by atomic mass is 16.1. The van der Waals surface area contributed by atoms with E-state index in [1.807, 2.05) is 6.08 Å². The molecule has 3 fully saturated rings. The molecule has 0 aromatic carbocycles. The molecule has 0 N–H and O–H groups in total. The van der Waals surface area contributed by atoms with Gasteiger partial charge in [-0.3, -0.25) is 9.59 Å². The second kappa shape index (κ2) is 4.55. The highest BCUT2D eigenvalue weighted by Gasteiger charge is 2.60. The topological polar surface area (TPSA) is 34.1 Å². The Labute approximate surface area is 138 Å². The first kappa shape index (κ1) is 15.1. The minimum atomic E-state index is -0.208. The standard InChI is InChI=1S/C21H26O2/c1-12-9-15-16(20(3)7-5-14(22)11-17(12)20)6-8-21(4)18(15)10-13(2)19(21)23/h11,15-16,18H,1-2,5-10H2,3-4H3/t15-,16+,18+,20-,21+/m1/s1. The lowest BCUT2D eigenvalue weighted by molar-refractivity contribution is -0.130. The second-order valence-electron chi connectivity index (χ2n) is 8.72. The molecule has 0 amide bonds. The van der Waals surface area contributed by atoms with Crippen molar-refractivity contribution in [3.63, 3.8) is 0 Å². The van der Waals surface area contributed by atoms with Crippen LogP contribution in [0.3, 0.4) is 0 Å². The third-order valence-corrected chi connectivity index (χ3v) is 7.63. The lowest BCUT2D eigenvalue weighted by atomic mass is 9.47. The maximum atomic E-state index is 12.6. The quantitative estimate of drug-likeness (QED) is 0.621. The summed E-state index contributed by atoms with van der Waals surface area (Å²) in [6.07, 6.45) is 7.33. The molecule has 0 aliphatic heterocycles. The fourth-order valence-electron chi connectivity index (χ4n) is 6.30. The summed E-state index contributed by atoms with van der Waals surface area (Å²) in [5, 5.41) is 0. The number of hydrogen-bond donors (Lipinski definition) is 0. The van der Waals surface area contributed by atoms with Crippen molar-refractivity contribution in [1.82, 2.24) is 0 Å². The largest absolute Gasteiger partial charge is 0.295 e. The summed E-state index contributed by atoms with van der Waals surface area (Å²) in [6.45, 7) is 12.9. The van der Waals surface area contributed by atoms with E-state index in [0.29, 0.717) is 30.0 Å². The molecule has 122 valence electrons. The van der Waals surface area contributed by atoms with Gasteiger partial charge >= 0.3 is 0 Å². The zero-order valence-corrected chi connectivity index (χ0v) is 14.3. The Morgan fingerprint density at radius 3 is 2.48 bits per heavy atom. The molecule has 4 aliphatic carbocycles. The molecule has 2 nitrogen and oxygen atoms in total. The highest BCUT2D eigenvalue weighted by Crippen LogP contribution is 2.65. The van der Waals surface area contributed by atoms with E-state index in [0.717, 1.165) is 43.3 Å². The molecule has 0 bridgehead atoms. The SMILES string of the molecule is C=C1C[C@H]2[C@@H]3CC(=C)C4=CC(=O)CC[C@]4(C)[C@H]3CC[C@]2(C)C1=O. The Morgan fingerprint density at radius 2 is 1.74 bits per heavy atom. The predicted molar refractivity (Wildman–Crippen MR) is 90.8 cm³/mol. The third kappa shape index (κ3) is 1.81. The lowest BCUT2D eigenvalue weighted by Crippen LogP contribution is -2.51. The molecule has 3 saturated carbocycles. The second-order valence-corrected chi connectivity index (χ2v) is 8.72. The number of allylic oxidation sites excluding steroid dienone is 3. The van der Waals surface area contributed by atoms with Gasteiger partial charge in [-0.2, -0.15) is 0 Å². The van der Waals surface area contributed by atoms with Gasteiger partial charge in [0.1, 0.15) is 0 Å². The summed E-state index contributed by atoms with van der Waals surface area (Å²) >= 11 is 0. The number of ketones is 2. The number of Topliss-reactive ketones (excluding diaryl/α,β-unsaturated/α-hetero) is 1. The van der Waals surface area contributed by atoms with E-state index in [1.54, 1.807) is 0 Å². The predicted octanol–water partition coefficient (Wildman–Crippen LogP) is 4.42. The highest BCUT2D eigenvalue weighted by molar-refractivity contribution is 6.02. The van der Waals surface area contributed by atoms with Crippen LogP contribution in [0.1, 0.15) is 52.4 Å². The van der Waals surface area contributed by atoms with Crippen LogP contribution in [0.15, 0.2) is 36.0 Å². The summed E-state index contributed by atoms with van der Waals surface area (Å²) in [5.41, 5.74) is 3.04. The van der Waals surface area contributed by atoms with E-state index in [2.05, 4.69) is 27.0 Å². The van der Waals surface area contributed by atoms with Crippen LogP contribution in [-0.4, -0.2) is 11.6 Å². The Morgan fingerprint density at radius 1 is 1.00 bits per heavy atom. The van der Waals surface area contributed by atoms with Crippen molar-refractivity contribution < 1.29 is 9.59 Å². The van der Waals surface area contributed by atoms with E-state index < -0.39 is 0 Å². The Balaban J connectivity index is 1.77. The van der Waals surface area contributed by atoms with Crippen molar-refractivity contribution in [2.75, 3.05) is 0 Å². The van der Waals surface area contributed by atoms with Crippen LogP contribution in [0.5, 0.6) is 0 Å². The molecule has 0 spiro atoms. The molecule has 0 aromatic rings. The minimum absolute atomic E-state index is 0.0716. The Kier molecular flexibility index (Phi) is 2.99. The number of hydrogen-bond acceptors (Lipinski definition) is 2. The number of carbonyl (C=O) groups is 2. The first-order valence-corrected chi connectivity index (χ1v) is 8.93. The molecule has 0 radical (unpaired) electrons. The molecule has 5 atom stereocenters. The molecule has 0 heterocycles. The van der Waals surface area contributed by atoms with Gasteiger partial charge in [0, 0.05) is 11.8 Å².